The van der Waals surface area contributed by atoms with Crippen molar-refractivity contribution in [2.75, 3.05) is 16.4 Å². The summed E-state index contributed by atoms with van der Waals surface area (Å²) in [5.41, 5.74) is 9.80. The van der Waals surface area contributed by atoms with Gasteiger partial charge in [0.15, 0.2) is 0 Å². The summed E-state index contributed by atoms with van der Waals surface area (Å²) in [6.45, 7) is 0. The number of aromatic nitrogens is 3. The third-order valence-electron chi connectivity index (χ3n) is 4.14. The van der Waals surface area contributed by atoms with Crippen molar-refractivity contribution < 1.29 is 4.79 Å². The van der Waals surface area contributed by atoms with Gasteiger partial charge in [-0.3, -0.25) is 0 Å². The number of amides is 2. The van der Waals surface area contributed by atoms with Crippen molar-refractivity contribution in [3.63, 3.8) is 0 Å². The fourth-order valence-electron chi connectivity index (χ4n) is 2.75. The Morgan fingerprint density at radius 1 is 1.10 bits per heavy atom. The molecule has 30 heavy (non-hydrogen) atoms. The summed E-state index contributed by atoms with van der Waals surface area (Å²) in [5, 5.41) is 17.1. The molecule has 4 aromatic rings. The first-order chi connectivity index (χ1) is 14.6. The van der Waals surface area contributed by atoms with Crippen LogP contribution in [0.2, 0.25) is 0 Å². The Morgan fingerprint density at radius 2 is 1.87 bits per heavy atom. The Kier molecular flexibility index (Phi) is 5.32. The van der Waals surface area contributed by atoms with E-state index in [0.29, 0.717) is 28.3 Å². The van der Waals surface area contributed by atoms with E-state index in [9.17, 15) is 4.79 Å². The van der Waals surface area contributed by atoms with E-state index in [-0.39, 0.29) is 0 Å². The molecular formula is C21H15N7OS. The molecule has 8 nitrogen and oxygen atoms in total. The zero-order valence-corrected chi connectivity index (χ0v) is 16.4. The van der Waals surface area contributed by atoms with E-state index in [1.54, 1.807) is 36.5 Å². The normalized spacial score (nSPS) is 10.2. The molecule has 2 aromatic carbocycles. The van der Waals surface area contributed by atoms with E-state index in [2.05, 4.69) is 25.6 Å². The second-order valence-electron chi connectivity index (χ2n) is 6.21. The number of anilines is 3. The molecule has 0 atom stereocenters. The maximum atomic E-state index is 12.3. The molecule has 2 aromatic heterocycles. The minimum Gasteiger partial charge on any atom is -0.383 e. The lowest BCUT2D eigenvalue weighted by Crippen LogP contribution is -2.19. The molecule has 0 saturated carbocycles. The van der Waals surface area contributed by atoms with E-state index in [0.717, 1.165) is 16.3 Å². The van der Waals surface area contributed by atoms with Crippen molar-refractivity contribution in [3.8, 4) is 27.9 Å². The second kappa shape index (κ2) is 8.38. The van der Waals surface area contributed by atoms with Gasteiger partial charge in [-0.25, -0.2) is 19.7 Å². The highest BCUT2D eigenvalue weighted by atomic mass is 32.1. The summed E-state index contributed by atoms with van der Waals surface area (Å²) in [5.74, 6) is 0.374. The van der Waals surface area contributed by atoms with Crippen LogP contribution in [0.1, 0.15) is 5.56 Å². The molecule has 0 saturated heterocycles. The predicted octanol–water partition coefficient (Wildman–Crippen LogP) is 4.36. The number of rotatable bonds is 4. The van der Waals surface area contributed by atoms with Gasteiger partial charge in [0.1, 0.15) is 17.2 Å². The molecule has 9 heteroatoms. The fraction of sp³-hybridized carbons (Fsp3) is 0. The topological polar surface area (TPSA) is 130 Å². The Morgan fingerprint density at radius 3 is 2.63 bits per heavy atom. The van der Waals surface area contributed by atoms with Crippen LogP contribution in [0.4, 0.5) is 22.0 Å². The Labute approximate surface area is 176 Å². The van der Waals surface area contributed by atoms with Gasteiger partial charge in [-0.2, -0.15) is 5.26 Å². The van der Waals surface area contributed by atoms with Crippen LogP contribution in [0.5, 0.6) is 0 Å². The molecule has 2 amide bonds. The lowest BCUT2D eigenvalue weighted by Gasteiger charge is -2.09. The van der Waals surface area contributed by atoms with Gasteiger partial charge in [0.2, 0.25) is 0 Å². The highest BCUT2D eigenvalue weighted by Crippen LogP contribution is 2.31. The number of carbonyl (C=O) groups is 1. The van der Waals surface area contributed by atoms with Crippen LogP contribution in [0.15, 0.2) is 66.4 Å². The minimum absolute atomic E-state index is 0.374. The molecule has 0 aliphatic rings. The first-order valence-electron chi connectivity index (χ1n) is 8.82. The molecule has 0 aliphatic carbocycles. The third-order valence-corrected chi connectivity index (χ3v) is 5.02. The van der Waals surface area contributed by atoms with Gasteiger partial charge in [-0.05, 0) is 30.3 Å². The zero-order chi connectivity index (χ0) is 20.9. The van der Waals surface area contributed by atoms with Crippen LogP contribution in [-0.2, 0) is 0 Å². The van der Waals surface area contributed by atoms with E-state index in [1.807, 2.05) is 29.6 Å². The van der Waals surface area contributed by atoms with Gasteiger partial charge in [-0.15, -0.1) is 11.3 Å². The number of hydrogen-bond donors (Lipinski definition) is 3. The number of carbonyl (C=O) groups excluding carboxylic acids is 1. The molecule has 0 fully saturated rings. The predicted molar refractivity (Wildman–Crippen MR) is 117 cm³/mol. The van der Waals surface area contributed by atoms with Crippen LogP contribution in [0.3, 0.4) is 0 Å². The fourth-order valence-corrected chi connectivity index (χ4v) is 3.60. The summed E-state index contributed by atoms with van der Waals surface area (Å²) in [6, 6.07) is 15.7. The number of urea groups is 1. The van der Waals surface area contributed by atoms with Crippen molar-refractivity contribution in [3.05, 3.63) is 72.0 Å². The molecule has 146 valence electrons. The van der Waals surface area contributed by atoms with E-state index in [4.69, 9.17) is 11.0 Å². The van der Waals surface area contributed by atoms with Crippen molar-refractivity contribution in [1.82, 2.24) is 15.0 Å². The van der Waals surface area contributed by atoms with Crippen LogP contribution in [0.25, 0.3) is 21.8 Å². The van der Waals surface area contributed by atoms with Gasteiger partial charge >= 0.3 is 6.03 Å². The van der Waals surface area contributed by atoms with Crippen molar-refractivity contribution in [2.24, 2.45) is 0 Å². The standard InChI is InChI=1S/C21H15N7OS/c22-9-13-3-1-5-15(7-13)26-21(29)27-16-6-2-4-14(8-16)18-11-30-20(28-18)17-10-24-12-25-19(17)23/h1-8,10-12H,(H2,23,24,25)(H2,26,27,29). The number of nitrogen functional groups attached to an aromatic ring is 1. The molecular weight excluding hydrogens is 398 g/mol. The molecule has 0 aliphatic heterocycles. The highest BCUT2D eigenvalue weighted by Gasteiger charge is 2.11. The number of nitrogens with one attached hydrogen (secondary N) is 2. The van der Waals surface area contributed by atoms with Crippen molar-refractivity contribution >= 4 is 34.6 Å². The number of nitriles is 1. The molecule has 0 unspecified atom stereocenters. The summed E-state index contributed by atoms with van der Waals surface area (Å²) < 4.78 is 0. The first kappa shape index (κ1) is 19.0. The van der Waals surface area contributed by atoms with Crippen LogP contribution in [0, 0.1) is 11.3 Å². The van der Waals surface area contributed by atoms with Gasteiger partial charge < -0.3 is 16.4 Å². The Hall–Kier alpha value is -4.29. The molecule has 4 rings (SSSR count). The number of nitrogens with zero attached hydrogens (tertiary/aromatic N) is 4. The van der Waals surface area contributed by atoms with Gasteiger partial charge in [0, 0.05) is 28.5 Å². The van der Waals surface area contributed by atoms with Gasteiger partial charge in [-0.1, -0.05) is 18.2 Å². The van der Waals surface area contributed by atoms with Crippen LogP contribution in [-0.4, -0.2) is 21.0 Å². The molecule has 2 heterocycles. The minimum atomic E-state index is -0.407. The molecule has 0 spiro atoms. The summed E-state index contributed by atoms with van der Waals surface area (Å²) in [4.78, 5) is 24.9. The van der Waals surface area contributed by atoms with Crippen LogP contribution < -0.4 is 16.4 Å². The highest BCUT2D eigenvalue weighted by molar-refractivity contribution is 7.13. The molecule has 4 N–H and O–H groups in total. The summed E-state index contributed by atoms with van der Waals surface area (Å²) >= 11 is 1.44. The molecule has 0 radical (unpaired) electrons. The SMILES string of the molecule is N#Cc1cccc(NC(=O)Nc2cccc(-c3csc(-c4cncnc4N)n3)c2)c1. The van der Waals surface area contributed by atoms with Gasteiger partial charge in [0.05, 0.1) is 22.9 Å². The summed E-state index contributed by atoms with van der Waals surface area (Å²) in [6.07, 6.45) is 3.03. The second-order valence-corrected chi connectivity index (χ2v) is 7.07. The zero-order valence-electron chi connectivity index (χ0n) is 15.5. The Bertz CT molecular complexity index is 1260. The van der Waals surface area contributed by atoms with E-state index in [1.165, 1.54) is 17.7 Å². The van der Waals surface area contributed by atoms with Crippen molar-refractivity contribution in [1.29, 1.82) is 5.26 Å². The van der Waals surface area contributed by atoms with Crippen LogP contribution >= 0.6 is 11.3 Å². The largest absolute Gasteiger partial charge is 0.383 e. The first-order valence-corrected chi connectivity index (χ1v) is 9.70. The monoisotopic (exact) mass is 413 g/mol. The van der Waals surface area contributed by atoms with E-state index < -0.39 is 6.03 Å². The average Bonchev–Trinajstić information content (AvgIpc) is 3.24. The maximum Gasteiger partial charge on any atom is 0.323 e. The number of benzene rings is 2. The lowest BCUT2D eigenvalue weighted by molar-refractivity contribution is 0.262. The van der Waals surface area contributed by atoms with Crippen molar-refractivity contribution in [2.45, 2.75) is 0 Å². The molecule has 0 bridgehead atoms. The average molecular weight is 413 g/mol. The number of nitrogens with two attached hydrogens (primary N) is 1. The lowest BCUT2D eigenvalue weighted by atomic mass is 10.1. The van der Waals surface area contributed by atoms with Gasteiger partial charge in [0.25, 0.3) is 0 Å². The number of thiazole rings is 1. The quantitative estimate of drug-likeness (QED) is 0.456. The number of hydrogen-bond acceptors (Lipinski definition) is 7. The third kappa shape index (κ3) is 4.24. The Balaban J connectivity index is 1.50. The van der Waals surface area contributed by atoms with E-state index >= 15 is 0 Å². The smallest absolute Gasteiger partial charge is 0.323 e. The maximum absolute atomic E-state index is 12.3. The summed E-state index contributed by atoms with van der Waals surface area (Å²) in [7, 11) is 0.